The number of aromatic amines is 2. The van der Waals surface area contributed by atoms with E-state index in [9.17, 15) is 19.2 Å². The van der Waals surface area contributed by atoms with Gasteiger partial charge in [0, 0.05) is 43.0 Å². The summed E-state index contributed by atoms with van der Waals surface area (Å²) in [5.74, 6) is -2.90. The van der Waals surface area contributed by atoms with Crippen LogP contribution >= 0.6 is 0 Å². The molecule has 1 unspecified atom stereocenters. The maximum atomic E-state index is 17.0. The van der Waals surface area contributed by atoms with E-state index in [0.29, 0.717) is 85.6 Å². The highest BCUT2D eigenvalue weighted by Crippen LogP contribution is 2.51. The first-order chi connectivity index (χ1) is 36.5. The molecular weight excluding hydrogens is 985 g/mol. The highest BCUT2D eigenvalue weighted by Gasteiger charge is 2.43. The third-order valence-electron chi connectivity index (χ3n) is 17.2. The van der Waals surface area contributed by atoms with Gasteiger partial charge in [0.25, 0.3) is 0 Å². The summed E-state index contributed by atoms with van der Waals surface area (Å²) < 4.78 is 77.2. The van der Waals surface area contributed by atoms with Crippen molar-refractivity contribution in [3.63, 3.8) is 0 Å². The molecule has 3 aromatic carbocycles. The molecule has 5 aliphatic rings. The predicted molar refractivity (Wildman–Crippen MR) is 278 cm³/mol. The van der Waals surface area contributed by atoms with Crippen molar-refractivity contribution in [2.24, 2.45) is 17.3 Å². The Bertz CT molecular complexity index is 2830. The van der Waals surface area contributed by atoms with E-state index in [2.05, 4.69) is 20.6 Å². The van der Waals surface area contributed by atoms with Crippen LogP contribution in [0.4, 0.5) is 38.5 Å². The van der Waals surface area contributed by atoms with Crippen LogP contribution < -0.4 is 20.4 Å². The molecular formula is C56H70F4N10O6. The van der Waals surface area contributed by atoms with Crippen LogP contribution in [-0.4, -0.2) is 106 Å². The van der Waals surface area contributed by atoms with Crippen LogP contribution in [0.25, 0.3) is 22.1 Å². The van der Waals surface area contributed by atoms with Gasteiger partial charge >= 0.3 is 12.2 Å². The normalized spacial score (nSPS) is 22.6. The van der Waals surface area contributed by atoms with E-state index in [0.717, 1.165) is 25.7 Å². The number of rotatable bonds is 12. The summed E-state index contributed by atoms with van der Waals surface area (Å²) in [7, 11) is 2.47. The summed E-state index contributed by atoms with van der Waals surface area (Å²) in [5.41, 5.74) is 2.22. The van der Waals surface area contributed by atoms with Crippen molar-refractivity contribution in [3.05, 3.63) is 82.4 Å². The molecule has 76 heavy (non-hydrogen) atoms. The Morgan fingerprint density at radius 1 is 0.579 bits per heavy atom. The number of aromatic nitrogens is 4. The number of ether oxygens (including phenoxy) is 2. The summed E-state index contributed by atoms with van der Waals surface area (Å²) in [6.45, 7) is 9.22. The SMILES string of the molecule is COC(=O)NC(C(=O)N1CCC[C@H]1c1nc2cc([C@H]3CC[C@H](c4cc5nc([C@@H]6CCCN6C(=O)[C@@H](NC(=O)OC)C(C)C)[nH]c5cc4F)N3c3cc(F)c(N4CCC5(CCCCC5)CC4)c(F)c3)c(F)cc2[nH]1)C(C)C. The van der Waals surface area contributed by atoms with Gasteiger partial charge in [-0.25, -0.2) is 37.1 Å². The van der Waals surface area contributed by atoms with Gasteiger partial charge in [-0.1, -0.05) is 47.0 Å². The number of hydrogen-bond donors (Lipinski definition) is 4. The zero-order chi connectivity index (χ0) is 53.7. The third-order valence-corrected chi connectivity index (χ3v) is 17.2. The first-order valence-corrected chi connectivity index (χ1v) is 27.2. The number of H-pyrrole nitrogens is 2. The molecule has 408 valence electrons. The molecule has 1 spiro atoms. The first-order valence-electron chi connectivity index (χ1n) is 27.2. The zero-order valence-corrected chi connectivity index (χ0v) is 44.2. The molecule has 4 aliphatic heterocycles. The van der Waals surface area contributed by atoms with E-state index in [1.54, 1.807) is 31.7 Å². The summed E-state index contributed by atoms with van der Waals surface area (Å²) in [4.78, 5) is 75.6. The minimum absolute atomic E-state index is 0.101. The standard InChI is InChI=1S/C56H70F4N10O6/c1-30(2)47(65-54(73)75-5)52(71)68-20-10-12-45(68)50-61-39-26-33(35(57)28-41(39)63-50)43-14-15-44(70(43)32-24-37(59)49(38(60)25-32)67-22-18-56(19-23-67)16-8-7-9-17-56)34-27-40-42(29-36(34)58)64-51(62-40)46-13-11-21-69(46)53(72)48(31(3)4)66-55(74)76-6/h24-31,43-48H,7-23H2,1-6H3,(H,61,63)(H,62,64)(H,65,73)(H,66,74)/t43-,44-,45+,46+,47+,48?/m1/s1. The van der Waals surface area contributed by atoms with Crippen molar-refractivity contribution >= 4 is 57.4 Å². The number of carbonyl (C=O) groups is 4. The van der Waals surface area contributed by atoms with Crippen LogP contribution in [0.1, 0.15) is 158 Å². The molecule has 6 atom stereocenters. The van der Waals surface area contributed by atoms with Crippen LogP contribution in [0.2, 0.25) is 0 Å². The van der Waals surface area contributed by atoms with Crippen LogP contribution in [0.15, 0.2) is 36.4 Å². The molecule has 6 heterocycles. The molecule has 4 N–H and O–H groups in total. The van der Waals surface area contributed by atoms with Gasteiger partial charge in [-0.05, 0) is 118 Å². The number of piperidine rings is 1. The van der Waals surface area contributed by atoms with Crippen molar-refractivity contribution in [1.29, 1.82) is 0 Å². The number of nitrogens with one attached hydrogen (secondary N) is 4. The Balaban J connectivity index is 0.995. The van der Waals surface area contributed by atoms with Crippen molar-refractivity contribution in [3.8, 4) is 0 Å². The summed E-state index contributed by atoms with van der Waals surface area (Å²) in [6, 6.07) is 4.14. The number of imidazole rings is 2. The molecule has 5 aromatic rings. The van der Waals surface area contributed by atoms with Gasteiger partial charge in [0.2, 0.25) is 11.8 Å². The van der Waals surface area contributed by atoms with Gasteiger partial charge in [0.05, 0.1) is 60.5 Å². The van der Waals surface area contributed by atoms with Gasteiger partial charge in [-0.2, -0.15) is 0 Å². The fourth-order valence-corrected chi connectivity index (χ4v) is 13.1. The van der Waals surface area contributed by atoms with Crippen molar-refractivity contribution in [2.45, 2.75) is 147 Å². The Kier molecular flexibility index (Phi) is 14.9. The molecule has 4 saturated heterocycles. The monoisotopic (exact) mass is 1050 g/mol. The first kappa shape index (κ1) is 52.8. The van der Waals surface area contributed by atoms with Crippen molar-refractivity contribution in [2.75, 3.05) is 50.2 Å². The van der Waals surface area contributed by atoms with Crippen LogP contribution in [0, 0.1) is 40.5 Å². The fraction of sp³-hybridized carbons (Fsp3) is 0.571. The molecule has 16 nitrogen and oxygen atoms in total. The number of carbonyl (C=O) groups excluding carboxylic acids is 4. The molecule has 10 rings (SSSR count). The van der Waals surface area contributed by atoms with E-state index < -0.39 is 71.7 Å². The molecule has 4 amide bonds. The van der Waals surface area contributed by atoms with Gasteiger partial charge in [0.1, 0.15) is 41.1 Å². The topological polar surface area (TPSA) is 181 Å². The highest BCUT2D eigenvalue weighted by molar-refractivity contribution is 5.88. The molecule has 0 radical (unpaired) electrons. The third kappa shape index (κ3) is 10.00. The minimum Gasteiger partial charge on any atom is -0.453 e. The second kappa shape index (κ2) is 21.4. The molecule has 2 aromatic heterocycles. The van der Waals surface area contributed by atoms with Crippen molar-refractivity contribution in [1.82, 2.24) is 40.4 Å². The quantitative estimate of drug-likeness (QED) is 0.0878. The predicted octanol–water partition coefficient (Wildman–Crippen LogP) is 10.7. The van der Waals surface area contributed by atoms with Crippen LogP contribution in [0.5, 0.6) is 0 Å². The molecule has 5 fully saturated rings. The highest BCUT2D eigenvalue weighted by atomic mass is 19.1. The largest absolute Gasteiger partial charge is 0.453 e. The number of alkyl carbamates (subject to hydrolysis) is 2. The van der Waals surface area contributed by atoms with Crippen molar-refractivity contribution < 1.29 is 46.2 Å². The number of amides is 4. The zero-order valence-electron chi connectivity index (χ0n) is 44.2. The molecule has 0 bridgehead atoms. The lowest BCUT2D eigenvalue weighted by Gasteiger charge is -2.45. The van der Waals surface area contributed by atoms with Gasteiger partial charge in [-0.3, -0.25) is 9.59 Å². The van der Waals surface area contributed by atoms with E-state index in [4.69, 9.17) is 19.4 Å². The van der Waals surface area contributed by atoms with E-state index in [-0.39, 0.29) is 64.4 Å². The Morgan fingerprint density at radius 2 is 1.03 bits per heavy atom. The average Bonchev–Trinajstić information content (AvgIpc) is 4.33. The summed E-state index contributed by atoms with van der Waals surface area (Å²) in [6.07, 6.45) is 9.15. The number of nitrogens with zero attached hydrogens (tertiary/aromatic N) is 6. The number of likely N-dealkylation sites (tertiary alicyclic amines) is 2. The van der Waals surface area contributed by atoms with Gasteiger partial charge < -0.3 is 49.7 Å². The number of fused-ring (bicyclic) bond motifs is 2. The average molecular weight is 1060 g/mol. The second-order valence-electron chi connectivity index (χ2n) is 22.4. The number of hydrogen-bond acceptors (Lipinski definition) is 10. The molecule has 1 aliphatic carbocycles. The molecule has 1 saturated carbocycles. The summed E-state index contributed by atoms with van der Waals surface area (Å²) in [5, 5.41) is 5.32. The maximum Gasteiger partial charge on any atom is 0.407 e. The van der Waals surface area contributed by atoms with Gasteiger partial charge in [0.15, 0.2) is 11.6 Å². The summed E-state index contributed by atoms with van der Waals surface area (Å²) >= 11 is 0. The number of anilines is 2. The lowest BCUT2D eigenvalue weighted by Crippen LogP contribution is -2.51. The van der Waals surface area contributed by atoms with E-state index in [1.807, 2.05) is 27.7 Å². The smallest absolute Gasteiger partial charge is 0.407 e. The molecule has 20 heteroatoms. The fourth-order valence-electron chi connectivity index (χ4n) is 13.1. The number of methoxy groups -OCH3 is 2. The van der Waals surface area contributed by atoms with Crippen LogP contribution in [-0.2, 0) is 19.1 Å². The second-order valence-corrected chi connectivity index (χ2v) is 22.4. The lowest BCUT2D eigenvalue weighted by atomic mass is 9.68. The van der Waals surface area contributed by atoms with E-state index >= 15 is 17.6 Å². The van der Waals surface area contributed by atoms with Crippen LogP contribution in [0.3, 0.4) is 0 Å². The number of benzene rings is 3. The Morgan fingerprint density at radius 3 is 1.45 bits per heavy atom. The number of halogens is 4. The Labute approximate surface area is 440 Å². The lowest BCUT2D eigenvalue weighted by molar-refractivity contribution is -0.136. The Hall–Kier alpha value is -6.60. The van der Waals surface area contributed by atoms with E-state index in [1.165, 1.54) is 57.7 Å². The minimum atomic E-state index is -0.852. The maximum absolute atomic E-state index is 17.0. The van der Waals surface area contributed by atoms with Gasteiger partial charge in [-0.15, -0.1) is 0 Å².